The highest BCUT2D eigenvalue weighted by Gasteiger charge is 2.15. The predicted molar refractivity (Wildman–Crippen MR) is 108 cm³/mol. The van der Waals surface area contributed by atoms with E-state index in [1.165, 1.54) is 11.6 Å². The van der Waals surface area contributed by atoms with E-state index in [1.807, 2.05) is 37.3 Å². The van der Waals surface area contributed by atoms with Gasteiger partial charge in [0.15, 0.2) is 11.6 Å². The molecule has 0 spiro atoms. The van der Waals surface area contributed by atoms with Crippen molar-refractivity contribution in [2.24, 2.45) is 0 Å². The Labute approximate surface area is 158 Å². The largest absolute Gasteiger partial charge is 0.490 e. The molecule has 3 rings (SSSR count). The maximum atomic E-state index is 14.7. The predicted octanol–water partition coefficient (Wildman–Crippen LogP) is 6.86. The average Bonchev–Trinajstić information content (AvgIpc) is 2.70. The fourth-order valence-corrected chi connectivity index (χ4v) is 3.03. The van der Waals surface area contributed by atoms with Gasteiger partial charge in [0.25, 0.3) is 0 Å². The molecule has 0 saturated heterocycles. The van der Waals surface area contributed by atoms with Gasteiger partial charge < -0.3 is 4.74 Å². The lowest BCUT2D eigenvalue weighted by atomic mass is 9.98. The lowest BCUT2D eigenvalue weighted by Crippen LogP contribution is -1.96. The molecule has 0 bridgehead atoms. The standard InChI is InChI=1S/C24H22F2O/c1-3-5-6-7-17-8-10-18(11-9-17)21-15-19-12-13-20(27-14-4-2)16-22(19)24(26)23(21)25/h3-5,8-13,15-16H,2,6-7,14H2,1H3/b5-3+. The highest BCUT2D eigenvalue weighted by molar-refractivity contribution is 5.89. The van der Waals surface area contributed by atoms with Crippen LogP contribution in [0.3, 0.4) is 0 Å². The Kier molecular flexibility index (Phi) is 6.02. The number of aryl methyl sites for hydroxylation is 1. The molecule has 3 aromatic rings. The maximum absolute atomic E-state index is 14.7. The molecule has 0 aliphatic heterocycles. The van der Waals surface area contributed by atoms with E-state index in [0.29, 0.717) is 23.3 Å². The van der Waals surface area contributed by atoms with Crippen LogP contribution in [0.5, 0.6) is 5.75 Å². The molecule has 0 aliphatic rings. The van der Waals surface area contributed by atoms with Gasteiger partial charge in [-0.1, -0.05) is 55.1 Å². The normalized spacial score (nSPS) is 11.2. The number of rotatable bonds is 7. The molecule has 0 amide bonds. The van der Waals surface area contributed by atoms with E-state index in [9.17, 15) is 8.78 Å². The Bertz CT molecular complexity index is 972. The number of benzene rings is 3. The van der Waals surface area contributed by atoms with Gasteiger partial charge in [-0.2, -0.15) is 0 Å². The summed E-state index contributed by atoms with van der Waals surface area (Å²) in [6.45, 7) is 5.89. The molecule has 0 atom stereocenters. The number of hydrogen-bond donors (Lipinski definition) is 0. The zero-order valence-corrected chi connectivity index (χ0v) is 15.3. The van der Waals surface area contributed by atoms with Crippen molar-refractivity contribution in [2.45, 2.75) is 19.8 Å². The lowest BCUT2D eigenvalue weighted by molar-refractivity contribution is 0.363. The summed E-state index contributed by atoms with van der Waals surface area (Å²) in [7, 11) is 0. The third-order valence-corrected chi connectivity index (χ3v) is 4.46. The molecule has 0 heterocycles. The van der Waals surface area contributed by atoms with Crippen molar-refractivity contribution in [2.75, 3.05) is 6.61 Å². The van der Waals surface area contributed by atoms with Crippen LogP contribution in [-0.4, -0.2) is 6.61 Å². The van der Waals surface area contributed by atoms with Gasteiger partial charge in [-0.3, -0.25) is 0 Å². The maximum Gasteiger partial charge on any atom is 0.167 e. The molecule has 27 heavy (non-hydrogen) atoms. The average molecular weight is 364 g/mol. The summed E-state index contributed by atoms with van der Waals surface area (Å²) >= 11 is 0. The van der Waals surface area contributed by atoms with E-state index in [4.69, 9.17) is 4.74 Å². The minimum atomic E-state index is -0.858. The minimum Gasteiger partial charge on any atom is -0.490 e. The number of halogens is 2. The molecule has 1 nitrogen and oxygen atoms in total. The van der Waals surface area contributed by atoms with Crippen LogP contribution >= 0.6 is 0 Å². The number of fused-ring (bicyclic) bond motifs is 1. The lowest BCUT2D eigenvalue weighted by Gasteiger charge is -2.11. The van der Waals surface area contributed by atoms with Crippen molar-refractivity contribution in [3.63, 3.8) is 0 Å². The molecule has 0 fully saturated rings. The van der Waals surface area contributed by atoms with Crippen LogP contribution in [0.4, 0.5) is 8.78 Å². The Morgan fingerprint density at radius 1 is 1.00 bits per heavy atom. The van der Waals surface area contributed by atoms with Crippen LogP contribution in [0, 0.1) is 11.6 Å². The molecule has 0 saturated carbocycles. The third kappa shape index (κ3) is 4.25. The third-order valence-electron chi connectivity index (χ3n) is 4.46. The number of allylic oxidation sites excluding steroid dienone is 2. The van der Waals surface area contributed by atoms with E-state index in [-0.39, 0.29) is 10.9 Å². The molecular weight excluding hydrogens is 342 g/mol. The Balaban J connectivity index is 1.95. The SMILES string of the molecule is C=CCOc1ccc2cc(-c3ccc(CC/C=C/C)cc3)c(F)c(F)c2c1. The molecule has 3 heteroatoms. The van der Waals surface area contributed by atoms with E-state index in [1.54, 1.807) is 24.3 Å². The van der Waals surface area contributed by atoms with Crippen molar-refractivity contribution in [1.29, 1.82) is 0 Å². The molecule has 3 aromatic carbocycles. The van der Waals surface area contributed by atoms with Crippen molar-refractivity contribution < 1.29 is 13.5 Å². The fraction of sp³-hybridized carbons (Fsp3) is 0.167. The molecule has 0 N–H and O–H groups in total. The van der Waals surface area contributed by atoms with Gasteiger partial charge in [-0.25, -0.2) is 8.78 Å². The Hall–Kier alpha value is -2.94. The second-order valence-corrected chi connectivity index (χ2v) is 6.34. The second-order valence-electron chi connectivity index (χ2n) is 6.34. The van der Waals surface area contributed by atoms with Crippen LogP contribution in [0.1, 0.15) is 18.9 Å². The summed E-state index contributed by atoms with van der Waals surface area (Å²) in [6.07, 6.45) is 7.62. The summed E-state index contributed by atoms with van der Waals surface area (Å²) in [6, 6.07) is 14.3. The van der Waals surface area contributed by atoms with Crippen molar-refractivity contribution in [1.82, 2.24) is 0 Å². The first-order chi connectivity index (χ1) is 13.1. The molecule has 0 radical (unpaired) electrons. The quantitative estimate of drug-likeness (QED) is 0.416. The highest BCUT2D eigenvalue weighted by atomic mass is 19.2. The summed E-state index contributed by atoms with van der Waals surface area (Å²) < 4.78 is 34.8. The van der Waals surface area contributed by atoms with Gasteiger partial charge in [0, 0.05) is 10.9 Å². The molecule has 138 valence electrons. The first-order valence-corrected chi connectivity index (χ1v) is 9.00. The van der Waals surface area contributed by atoms with Crippen LogP contribution < -0.4 is 4.74 Å². The smallest absolute Gasteiger partial charge is 0.167 e. The van der Waals surface area contributed by atoms with Gasteiger partial charge in [-0.05, 0) is 54.5 Å². The van der Waals surface area contributed by atoms with Crippen LogP contribution in [0.2, 0.25) is 0 Å². The van der Waals surface area contributed by atoms with Crippen LogP contribution in [-0.2, 0) is 6.42 Å². The fourth-order valence-electron chi connectivity index (χ4n) is 3.03. The highest BCUT2D eigenvalue weighted by Crippen LogP contribution is 2.32. The monoisotopic (exact) mass is 364 g/mol. The van der Waals surface area contributed by atoms with Crippen LogP contribution in [0.15, 0.2) is 73.3 Å². The van der Waals surface area contributed by atoms with Gasteiger partial charge in [0.1, 0.15) is 12.4 Å². The van der Waals surface area contributed by atoms with E-state index in [0.717, 1.165) is 12.8 Å². The van der Waals surface area contributed by atoms with E-state index >= 15 is 0 Å². The van der Waals surface area contributed by atoms with Gasteiger partial charge in [0.05, 0.1) is 0 Å². The summed E-state index contributed by atoms with van der Waals surface area (Å²) in [4.78, 5) is 0. The molecule has 0 aliphatic carbocycles. The Morgan fingerprint density at radius 2 is 1.78 bits per heavy atom. The van der Waals surface area contributed by atoms with Gasteiger partial charge >= 0.3 is 0 Å². The first-order valence-electron chi connectivity index (χ1n) is 9.00. The van der Waals surface area contributed by atoms with Gasteiger partial charge in [0.2, 0.25) is 0 Å². The summed E-state index contributed by atoms with van der Waals surface area (Å²) in [5.74, 6) is -1.22. The minimum absolute atomic E-state index is 0.209. The number of hydrogen-bond acceptors (Lipinski definition) is 1. The molecule has 0 aromatic heterocycles. The Morgan fingerprint density at radius 3 is 2.48 bits per heavy atom. The summed E-state index contributed by atoms with van der Waals surface area (Å²) in [5, 5.41) is 0.841. The van der Waals surface area contributed by atoms with Crippen molar-refractivity contribution >= 4 is 10.8 Å². The van der Waals surface area contributed by atoms with Crippen LogP contribution in [0.25, 0.3) is 21.9 Å². The van der Waals surface area contributed by atoms with E-state index in [2.05, 4.69) is 12.7 Å². The van der Waals surface area contributed by atoms with Crippen molar-refractivity contribution in [3.05, 3.63) is 90.5 Å². The second kappa shape index (κ2) is 8.63. The molecular formula is C24H22F2O. The van der Waals surface area contributed by atoms with Gasteiger partial charge in [-0.15, -0.1) is 0 Å². The zero-order chi connectivity index (χ0) is 19.2. The first kappa shape index (κ1) is 18.8. The topological polar surface area (TPSA) is 9.23 Å². The molecule has 0 unspecified atom stereocenters. The summed E-state index contributed by atoms with van der Waals surface area (Å²) in [5.41, 5.74) is 2.09. The number of ether oxygens (including phenoxy) is 1. The zero-order valence-electron chi connectivity index (χ0n) is 15.3. The van der Waals surface area contributed by atoms with Crippen molar-refractivity contribution in [3.8, 4) is 16.9 Å². The van der Waals surface area contributed by atoms with E-state index < -0.39 is 11.6 Å².